The number of esters is 1. The van der Waals surface area contributed by atoms with E-state index in [1.165, 1.54) is 0 Å². The molecular weight excluding hydrogens is 270 g/mol. The molecule has 0 saturated heterocycles. The van der Waals surface area contributed by atoms with Gasteiger partial charge in [-0.05, 0) is 18.9 Å². The molecule has 0 aliphatic heterocycles. The van der Waals surface area contributed by atoms with Crippen molar-refractivity contribution in [2.24, 2.45) is 5.92 Å². The summed E-state index contributed by atoms with van der Waals surface area (Å²) in [5.74, 6) is -0.503. The van der Waals surface area contributed by atoms with Gasteiger partial charge in [0.25, 0.3) is 10.1 Å². The maximum absolute atomic E-state index is 11.3. The summed E-state index contributed by atoms with van der Waals surface area (Å²) in [6.45, 7) is 4.68. The molecule has 0 saturated carbocycles. The molecule has 0 aromatic heterocycles. The van der Waals surface area contributed by atoms with Gasteiger partial charge < -0.3 is 10.1 Å². The molecule has 0 aliphatic rings. The molecule has 0 aliphatic carbocycles. The van der Waals surface area contributed by atoms with Gasteiger partial charge in [0.1, 0.15) is 0 Å². The number of methoxy groups -OCH3 is 1. The highest BCUT2D eigenvalue weighted by Crippen LogP contribution is 2.11. The third kappa shape index (κ3) is 7.49. The second-order valence-corrected chi connectivity index (χ2v) is 6.20. The van der Waals surface area contributed by atoms with Gasteiger partial charge in [-0.3, -0.25) is 9.35 Å². The molecule has 6 nitrogen and oxygen atoms in total. The molecule has 2 N–H and O–H groups in total. The Morgan fingerprint density at radius 3 is 2.37 bits per heavy atom. The summed E-state index contributed by atoms with van der Waals surface area (Å²) in [5.41, 5.74) is 0. The van der Waals surface area contributed by atoms with Crippen LogP contribution in [0.15, 0.2) is 0 Å². The third-order valence-electron chi connectivity index (χ3n) is 3.13. The Balaban J connectivity index is 4.29. The summed E-state index contributed by atoms with van der Waals surface area (Å²) in [6, 6.07) is 0. The Labute approximate surface area is 115 Å². The number of hydrogen-bond acceptors (Lipinski definition) is 5. The fourth-order valence-electron chi connectivity index (χ4n) is 1.80. The van der Waals surface area contributed by atoms with Gasteiger partial charge in [-0.15, -0.1) is 0 Å². The molecule has 0 aromatic rings. The molecule has 0 rings (SSSR count). The zero-order valence-corrected chi connectivity index (χ0v) is 12.7. The van der Waals surface area contributed by atoms with Crippen LogP contribution in [0.25, 0.3) is 0 Å². The Bertz CT molecular complexity index is 355. The monoisotopic (exact) mass is 295 g/mol. The Hall–Kier alpha value is -0.660. The zero-order valence-electron chi connectivity index (χ0n) is 11.9. The number of ether oxygens (including phenoxy) is 1. The molecule has 0 heterocycles. The fraction of sp³-hybridized carbons (Fsp3) is 0.917. The summed E-state index contributed by atoms with van der Waals surface area (Å²) in [4.78, 5) is 11.3. The quantitative estimate of drug-likeness (QED) is 0.465. The lowest BCUT2D eigenvalue weighted by atomic mass is 9.99. The van der Waals surface area contributed by atoms with E-state index in [0.29, 0.717) is 12.5 Å². The first-order chi connectivity index (χ1) is 8.86. The van der Waals surface area contributed by atoms with Crippen LogP contribution < -0.4 is 5.32 Å². The minimum Gasteiger partial charge on any atom is -0.468 e. The van der Waals surface area contributed by atoms with E-state index in [0.717, 1.165) is 32.8 Å². The number of unbranched alkanes of at least 4 members (excludes halogenated alkanes) is 1. The van der Waals surface area contributed by atoms with Crippen LogP contribution in [0.1, 0.15) is 39.5 Å². The van der Waals surface area contributed by atoms with Crippen molar-refractivity contribution in [2.45, 2.75) is 44.8 Å². The molecule has 0 bridgehead atoms. The zero-order chi connectivity index (χ0) is 14.9. The topological polar surface area (TPSA) is 92.7 Å². The van der Waals surface area contributed by atoms with Crippen molar-refractivity contribution >= 4 is 16.1 Å². The predicted molar refractivity (Wildman–Crippen MR) is 73.5 cm³/mol. The second-order valence-electron chi connectivity index (χ2n) is 4.60. The summed E-state index contributed by atoms with van der Waals surface area (Å²) in [6.07, 6.45) is 4.29. The molecule has 0 aromatic carbocycles. The summed E-state index contributed by atoms with van der Waals surface area (Å²) < 4.78 is 35.5. The lowest BCUT2D eigenvalue weighted by Gasteiger charge is -2.17. The average molecular weight is 295 g/mol. The molecule has 114 valence electrons. The van der Waals surface area contributed by atoms with Crippen LogP contribution in [0.5, 0.6) is 0 Å². The molecule has 0 amide bonds. The standard InChI is InChI=1S/C12H25NO5S/c1-4-6-7-10(5-2)8-13-9-11(12(14)18-3)19(15,16)17/h10-11,13H,4-9H2,1-3H3,(H,15,16,17). The lowest BCUT2D eigenvalue weighted by molar-refractivity contribution is -0.140. The van der Waals surface area contributed by atoms with Crippen LogP contribution in [0.3, 0.4) is 0 Å². The Kier molecular flexibility index (Phi) is 8.95. The average Bonchev–Trinajstić information content (AvgIpc) is 2.35. The number of rotatable bonds is 10. The van der Waals surface area contributed by atoms with E-state index in [1.54, 1.807) is 0 Å². The van der Waals surface area contributed by atoms with Gasteiger partial charge in [0.05, 0.1) is 7.11 Å². The SMILES string of the molecule is CCCCC(CC)CNCC(C(=O)OC)S(=O)(=O)O. The molecule has 19 heavy (non-hydrogen) atoms. The molecule has 0 radical (unpaired) electrons. The summed E-state index contributed by atoms with van der Waals surface area (Å²) in [5, 5.41) is 1.37. The fourth-order valence-corrected chi connectivity index (χ4v) is 2.47. The highest BCUT2D eigenvalue weighted by atomic mass is 32.2. The number of hydrogen-bond donors (Lipinski definition) is 2. The first kappa shape index (κ1) is 18.3. The van der Waals surface area contributed by atoms with Crippen LogP contribution >= 0.6 is 0 Å². The second kappa shape index (κ2) is 9.28. The van der Waals surface area contributed by atoms with Gasteiger partial charge in [0, 0.05) is 6.54 Å². The van der Waals surface area contributed by atoms with Gasteiger partial charge in [-0.2, -0.15) is 8.42 Å². The maximum atomic E-state index is 11.3. The van der Waals surface area contributed by atoms with Crippen molar-refractivity contribution in [1.29, 1.82) is 0 Å². The highest BCUT2D eigenvalue weighted by molar-refractivity contribution is 7.87. The minimum absolute atomic E-state index is 0.131. The highest BCUT2D eigenvalue weighted by Gasteiger charge is 2.31. The van der Waals surface area contributed by atoms with Gasteiger partial charge in [0.15, 0.2) is 5.25 Å². The van der Waals surface area contributed by atoms with E-state index in [4.69, 9.17) is 4.55 Å². The predicted octanol–water partition coefficient (Wildman–Crippen LogP) is 1.22. The molecule has 7 heteroatoms. The van der Waals surface area contributed by atoms with Gasteiger partial charge in [-0.25, -0.2) is 0 Å². The van der Waals surface area contributed by atoms with Gasteiger partial charge in [-0.1, -0.05) is 33.1 Å². The van der Waals surface area contributed by atoms with E-state index < -0.39 is 21.3 Å². The van der Waals surface area contributed by atoms with Crippen molar-refractivity contribution in [3.63, 3.8) is 0 Å². The molecule has 0 spiro atoms. The number of carbonyl (C=O) groups is 1. The summed E-state index contributed by atoms with van der Waals surface area (Å²) >= 11 is 0. The molecule has 0 fully saturated rings. The van der Waals surface area contributed by atoms with E-state index >= 15 is 0 Å². The van der Waals surface area contributed by atoms with E-state index in [-0.39, 0.29) is 6.54 Å². The molecular formula is C12H25NO5S. The first-order valence-corrected chi connectivity index (χ1v) is 8.11. The Morgan fingerprint density at radius 2 is 1.95 bits per heavy atom. The van der Waals surface area contributed by atoms with Gasteiger partial charge in [0.2, 0.25) is 0 Å². The smallest absolute Gasteiger partial charge is 0.327 e. The van der Waals surface area contributed by atoms with Crippen LogP contribution in [0, 0.1) is 5.92 Å². The number of carbonyl (C=O) groups excluding carboxylic acids is 1. The maximum Gasteiger partial charge on any atom is 0.327 e. The lowest BCUT2D eigenvalue weighted by Crippen LogP contribution is -2.41. The number of nitrogens with one attached hydrogen (secondary N) is 1. The van der Waals surface area contributed by atoms with Gasteiger partial charge >= 0.3 is 5.97 Å². The van der Waals surface area contributed by atoms with Crippen molar-refractivity contribution in [3.05, 3.63) is 0 Å². The minimum atomic E-state index is -4.43. The largest absolute Gasteiger partial charge is 0.468 e. The molecule has 2 atom stereocenters. The summed E-state index contributed by atoms with van der Waals surface area (Å²) in [7, 11) is -3.34. The van der Waals surface area contributed by atoms with E-state index in [1.807, 2.05) is 0 Å². The van der Waals surface area contributed by atoms with Crippen molar-refractivity contribution in [1.82, 2.24) is 5.32 Å². The Morgan fingerprint density at radius 1 is 1.32 bits per heavy atom. The van der Waals surface area contributed by atoms with E-state index in [9.17, 15) is 13.2 Å². The van der Waals surface area contributed by atoms with Crippen molar-refractivity contribution in [2.75, 3.05) is 20.2 Å². The van der Waals surface area contributed by atoms with Crippen molar-refractivity contribution in [3.8, 4) is 0 Å². The van der Waals surface area contributed by atoms with Crippen molar-refractivity contribution < 1.29 is 22.5 Å². The first-order valence-electron chi connectivity index (χ1n) is 6.61. The van der Waals surface area contributed by atoms with E-state index in [2.05, 4.69) is 23.9 Å². The normalized spacial score (nSPS) is 14.9. The molecule has 2 unspecified atom stereocenters. The van der Waals surface area contributed by atoms with Crippen LogP contribution in [0.4, 0.5) is 0 Å². The van der Waals surface area contributed by atoms with Crippen LogP contribution in [-0.2, 0) is 19.6 Å². The third-order valence-corrected chi connectivity index (χ3v) is 4.21. The van der Waals surface area contributed by atoms with Crippen LogP contribution in [0.2, 0.25) is 0 Å². The van der Waals surface area contributed by atoms with Crippen LogP contribution in [-0.4, -0.2) is 44.4 Å².